The number of aromatic amines is 1. The Hall–Kier alpha value is -1.35. The van der Waals surface area contributed by atoms with Crippen LogP contribution >= 0.6 is 11.3 Å². The zero-order valence-electron chi connectivity index (χ0n) is 9.97. The van der Waals surface area contributed by atoms with E-state index in [1.807, 2.05) is 6.92 Å². The molecule has 0 radical (unpaired) electrons. The second kappa shape index (κ2) is 3.91. The maximum atomic E-state index is 11.3. The van der Waals surface area contributed by atoms with Crippen LogP contribution in [0.5, 0.6) is 0 Å². The van der Waals surface area contributed by atoms with E-state index >= 15 is 0 Å². The van der Waals surface area contributed by atoms with E-state index in [0.717, 1.165) is 10.6 Å². The molecule has 0 bridgehead atoms. The maximum absolute atomic E-state index is 11.3. The molecule has 2 nitrogen and oxygen atoms in total. The molecule has 0 saturated carbocycles. The van der Waals surface area contributed by atoms with E-state index in [1.54, 1.807) is 0 Å². The van der Waals surface area contributed by atoms with E-state index in [1.165, 1.54) is 33.6 Å². The Balaban J connectivity index is 2.74. The van der Waals surface area contributed by atoms with Gasteiger partial charge in [0, 0.05) is 10.4 Å². The van der Waals surface area contributed by atoms with Crippen molar-refractivity contribution in [2.75, 3.05) is 0 Å². The molecule has 84 valence electrons. The maximum Gasteiger partial charge on any atom is 0.305 e. The summed E-state index contributed by atoms with van der Waals surface area (Å²) < 4.78 is 0. The number of H-pyrrole nitrogens is 1. The molecule has 0 aliphatic carbocycles. The van der Waals surface area contributed by atoms with Crippen LogP contribution in [0.25, 0.3) is 11.3 Å². The van der Waals surface area contributed by atoms with Gasteiger partial charge in [0.1, 0.15) is 0 Å². The van der Waals surface area contributed by atoms with Gasteiger partial charge in [0.05, 0.1) is 5.69 Å². The van der Waals surface area contributed by atoms with Crippen molar-refractivity contribution in [3.05, 3.63) is 43.4 Å². The van der Waals surface area contributed by atoms with Crippen LogP contribution in [-0.4, -0.2) is 4.98 Å². The molecular formula is C13H15NOS. The van der Waals surface area contributed by atoms with Gasteiger partial charge >= 0.3 is 4.87 Å². The van der Waals surface area contributed by atoms with Crippen LogP contribution in [-0.2, 0) is 0 Å². The van der Waals surface area contributed by atoms with Crippen molar-refractivity contribution in [2.24, 2.45) is 0 Å². The van der Waals surface area contributed by atoms with Crippen LogP contribution < -0.4 is 4.87 Å². The molecule has 2 aromatic rings. The van der Waals surface area contributed by atoms with Gasteiger partial charge in [-0.05, 0) is 38.8 Å². The summed E-state index contributed by atoms with van der Waals surface area (Å²) in [4.78, 5) is 15.3. The van der Waals surface area contributed by atoms with E-state index in [-0.39, 0.29) is 4.87 Å². The fourth-order valence-electron chi connectivity index (χ4n) is 2.22. The van der Waals surface area contributed by atoms with Crippen LogP contribution in [0.3, 0.4) is 0 Å². The Labute approximate surface area is 99.0 Å². The fourth-order valence-corrected chi connectivity index (χ4v) is 2.90. The molecule has 0 saturated heterocycles. The van der Waals surface area contributed by atoms with Crippen molar-refractivity contribution in [2.45, 2.75) is 27.7 Å². The smallest absolute Gasteiger partial charge is 0.305 e. The number of nitrogens with one attached hydrogen (secondary N) is 1. The number of aromatic nitrogens is 1. The summed E-state index contributed by atoms with van der Waals surface area (Å²) in [7, 11) is 0. The third kappa shape index (κ3) is 1.83. The van der Waals surface area contributed by atoms with Crippen molar-refractivity contribution >= 4 is 11.3 Å². The Kier molecular flexibility index (Phi) is 2.72. The first-order chi connectivity index (χ1) is 7.49. The van der Waals surface area contributed by atoms with Gasteiger partial charge in [-0.15, -0.1) is 0 Å². The lowest BCUT2D eigenvalue weighted by atomic mass is 9.97. The van der Waals surface area contributed by atoms with Crippen LogP contribution in [0.2, 0.25) is 0 Å². The Bertz CT molecular complexity index is 569. The molecule has 1 aromatic carbocycles. The molecule has 0 amide bonds. The summed E-state index contributed by atoms with van der Waals surface area (Å²) >= 11 is 1.27. The van der Waals surface area contributed by atoms with Crippen molar-refractivity contribution in [3.8, 4) is 11.3 Å². The lowest BCUT2D eigenvalue weighted by Gasteiger charge is -2.10. The molecule has 3 heteroatoms. The van der Waals surface area contributed by atoms with Crippen LogP contribution in [0.4, 0.5) is 0 Å². The molecule has 0 aliphatic heterocycles. The van der Waals surface area contributed by atoms with Crippen LogP contribution in [0.15, 0.2) is 16.9 Å². The first kappa shape index (κ1) is 11.1. The third-order valence-electron chi connectivity index (χ3n) is 2.75. The normalized spacial score (nSPS) is 10.8. The predicted octanol–water partition coefficient (Wildman–Crippen LogP) is 3.34. The zero-order valence-corrected chi connectivity index (χ0v) is 10.8. The number of rotatable bonds is 1. The van der Waals surface area contributed by atoms with Gasteiger partial charge in [-0.3, -0.25) is 4.79 Å². The van der Waals surface area contributed by atoms with Gasteiger partial charge in [0.15, 0.2) is 0 Å². The summed E-state index contributed by atoms with van der Waals surface area (Å²) in [5, 5.41) is 0. The number of hydrogen-bond acceptors (Lipinski definition) is 2. The Morgan fingerprint density at radius 2 is 1.62 bits per heavy atom. The highest BCUT2D eigenvalue weighted by Crippen LogP contribution is 2.29. The Morgan fingerprint density at radius 3 is 2.06 bits per heavy atom. The largest absolute Gasteiger partial charge is 0.312 e. The quantitative estimate of drug-likeness (QED) is 0.805. The zero-order chi connectivity index (χ0) is 11.9. The molecule has 1 heterocycles. The highest BCUT2D eigenvalue weighted by molar-refractivity contribution is 7.09. The summed E-state index contributed by atoms with van der Waals surface area (Å²) in [6.07, 6.45) is 0. The number of benzene rings is 1. The van der Waals surface area contributed by atoms with E-state index in [4.69, 9.17) is 0 Å². The molecule has 0 unspecified atom stereocenters. The van der Waals surface area contributed by atoms with Gasteiger partial charge < -0.3 is 4.98 Å². The molecule has 1 aromatic heterocycles. The van der Waals surface area contributed by atoms with E-state index in [2.05, 4.69) is 37.9 Å². The second-order valence-corrected chi connectivity index (χ2v) is 5.41. The molecule has 16 heavy (non-hydrogen) atoms. The van der Waals surface area contributed by atoms with Crippen molar-refractivity contribution in [3.63, 3.8) is 0 Å². The summed E-state index contributed by atoms with van der Waals surface area (Å²) in [5.74, 6) is 0. The van der Waals surface area contributed by atoms with E-state index < -0.39 is 0 Å². The van der Waals surface area contributed by atoms with Crippen molar-refractivity contribution < 1.29 is 0 Å². The number of hydrogen-bond donors (Lipinski definition) is 1. The van der Waals surface area contributed by atoms with Crippen molar-refractivity contribution in [1.29, 1.82) is 0 Å². The van der Waals surface area contributed by atoms with Gasteiger partial charge in [0.25, 0.3) is 0 Å². The second-order valence-electron chi connectivity index (χ2n) is 4.22. The first-order valence-corrected chi connectivity index (χ1v) is 6.08. The van der Waals surface area contributed by atoms with E-state index in [0.29, 0.717) is 0 Å². The summed E-state index contributed by atoms with van der Waals surface area (Å²) in [6, 6.07) is 4.30. The fraction of sp³-hybridized carbons (Fsp3) is 0.308. The monoisotopic (exact) mass is 233 g/mol. The average molecular weight is 233 g/mol. The van der Waals surface area contributed by atoms with E-state index in [9.17, 15) is 4.79 Å². The highest BCUT2D eigenvalue weighted by atomic mass is 32.1. The van der Waals surface area contributed by atoms with Crippen LogP contribution in [0, 0.1) is 27.7 Å². The van der Waals surface area contributed by atoms with Gasteiger partial charge in [-0.2, -0.15) is 0 Å². The van der Waals surface area contributed by atoms with Gasteiger partial charge in [-0.25, -0.2) is 0 Å². The minimum atomic E-state index is 0.0203. The number of aryl methyl sites for hydroxylation is 4. The van der Waals surface area contributed by atoms with Gasteiger partial charge in [-0.1, -0.05) is 29.0 Å². The molecule has 1 N–H and O–H groups in total. The molecule has 0 aliphatic rings. The van der Waals surface area contributed by atoms with Crippen LogP contribution in [0.1, 0.15) is 21.6 Å². The predicted molar refractivity (Wildman–Crippen MR) is 69.3 cm³/mol. The van der Waals surface area contributed by atoms with Crippen molar-refractivity contribution in [1.82, 2.24) is 4.98 Å². The first-order valence-electron chi connectivity index (χ1n) is 5.27. The minimum absolute atomic E-state index is 0.0203. The SMILES string of the molecule is Cc1cc(C)c(-c2[nH]c(=O)sc2C)c(C)c1. The highest BCUT2D eigenvalue weighted by Gasteiger charge is 2.11. The molecule has 2 rings (SSSR count). The lowest BCUT2D eigenvalue weighted by Crippen LogP contribution is -1.96. The summed E-state index contributed by atoms with van der Waals surface area (Å²) in [5.41, 5.74) is 5.84. The Morgan fingerprint density at radius 1 is 1.06 bits per heavy atom. The molecule has 0 spiro atoms. The topological polar surface area (TPSA) is 32.9 Å². The summed E-state index contributed by atoms with van der Waals surface area (Å²) in [6.45, 7) is 8.25. The minimum Gasteiger partial charge on any atom is -0.312 e. The average Bonchev–Trinajstić information content (AvgIpc) is 2.43. The molecular weight excluding hydrogens is 218 g/mol. The third-order valence-corrected chi connectivity index (χ3v) is 3.55. The lowest BCUT2D eigenvalue weighted by molar-refractivity contribution is 1.26. The molecule has 0 atom stereocenters. The number of thiazole rings is 1. The molecule has 0 fully saturated rings. The standard InChI is InChI=1S/C13H15NOS/c1-7-5-8(2)11(9(3)6-7)12-10(4)16-13(15)14-12/h5-6H,1-4H3,(H,14,15). The van der Waals surface area contributed by atoms with Gasteiger partial charge in [0.2, 0.25) is 0 Å².